The molecule has 21 heavy (non-hydrogen) atoms. The van der Waals surface area contributed by atoms with Gasteiger partial charge in [-0.05, 0) is 31.0 Å². The van der Waals surface area contributed by atoms with Crippen LogP contribution in [0.4, 0.5) is 0 Å². The van der Waals surface area contributed by atoms with E-state index in [1.54, 1.807) is 25.3 Å². The van der Waals surface area contributed by atoms with Gasteiger partial charge in [0.05, 0.1) is 19.9 Å². The van der Waals surface area contributed by atoms with E-state index in [1.165, 1.54) is 7.11 Å². The molecule has 0 aliphatic heterocycles. The lowest BCUT2D eigenvalue weighted by atomic mass is 10.2. The maximum absolute atomic E-state index is 11.2. The van der Waals surface area contributed by atoms with E-state index >= 15 is 0 Å². The molecule has 0 saturated heterocycles. The summed E-state index contributed by atoms with van der Waals surface area (Å²) in [4.78, 5) is 15.6. The van der Waals surface area contributed by atoms with Crippen molar-refractivity contribution in [3.8, 4) is 23.0 Å². The number of carboxylic acid groups (broad SMARTS) is 1. The summed E-state index contributed by atoms with van der Waals surface area (Å²) in [5.74, 6) is 0.467. The highest BCUT2D eigenvalue weighted by atomic mass is 16.5. The molecule has 6 heteroatoms. The minimum atomic E-state index is -1.09. The second-order valence-corrected chi connectivity index (χ2v) is 4.88. The zero-order valence-corrected chi connectivity index (χ0v) is 11.8. The third-order valence-electron chi connectivity index (χ3n) is 3.44. The Hall–Kier alpha value is -2.50. The van der Waals surface area contributed by atoms with Gasteiger partial charge in [-0.3, -0.25) is 0 Å². The number of benzene rings is 1. The Kier molecular flexibility index (Phi) is 3.29. The van der Waals surface area contributed by atoms with Gasteiger partial charge in [0.1, 0.15) is 0 Å². The normalized spacial score (nSPS) is 14.0. The van der Waals surface area contributed by atoms with Crippen molar-refractivity contribution in [2.75, 3.05) is 14.2 Å². The second kappa shape index (κ2) is 5.12. The Morgan fingerprint density at radius 3 is 2.57 bits per heavy atom. The highest BCUT2D eigenvalue weighted by molar-refractivity contribution is 5.86. The van der Waals surface area contributed by atoms with Gasteiger partial charge in [0.15, 0.2) is 11.5 Å². The van der Waals surface area contributed by atoms with E-state index < -0.39 is 5.97 Å². The summed E-state index contributed by atoms with van der Waals surface area (Å²) in [5, 5.41) is 9.21. The molecule has 1 saturated carbocycles. The number of methoxy groups -OCH3 is 2. The maximum atomic E-state index is 11.2. The van der Waals surface area contributed by atoms with E-state index in [-0.39, 0.29) is 17.6 Å². The first-order valence-corrected chi connectivity index (χ1v) is 6.60. The predicted octanol–water partition coefficient (Wildman–Crippen LogP) is 2.93. The number of carbonyl (C=O) groups is 1. The fraction of sp³-hybridized carbons (Fsp3) is 0.333. The van der Waals surface area contributed by atoms with Gasteiger partial charge in [0, 0.05) is 11.5 Å². The minimum absolute atomic E-state index is 0.0673. The molecule has 2 aromatic rings. The molecule has 0 radical (unpaired) electrons. The summed E-state index contributed by atoms with van der Waals surface area (Å²) >= 11 is 0. The fourth-order valence-corrected chi connectivity index (χ4v) is 2.21. The average Bonchev–Trinajstić information content (AvgIpc) is 3.24. The molecular formula is C15H15NO5. The summed E-state index contributed by atoms with van der Waals surface area (Å²) in [6.45, 7) is 0. The first-order valence-electron chi connectivity index (χ1n) is 6.60. The molecule has 1 aromatic heterocycles. The van der Waals surface area contributed by atoms with Crippen LogP contribution in [-0.2, 0) is 0 Å². The summed E-state index contributed by atoms with van der Waals surface area (Å²) < 4.78 is 15.8. The molecule has 110 valence electrons. The Bertz CT molecular complexity index is 687. The topological polar surface area (TPSA) is 81.8 Å². The number of ether oxygens (including phenoxy) is 2. The molecule has 1 fully saturated rings. The molecule has 0 spiro atoms. The zero-order valence-electron chi connectivity index (χ0n) is 11.8. The number of oxazole rings is 1. The third kappa shape index (κ3) is 2.44. The van der Waals surface area contributed by atoms with Gasteiger partial charge in [-0.2, -0.15) is 0 Å². The maximum Gasteiger partial charge on any atom is 0.373 e. The molecule has 1 heterocycles. The molecule has 0 unspecified atom stereocenters. The van der Waals surface area contributed by atoms with Crippen LogP contribution in [0.5, 0.6) is 11.5 Å². The van der Waals surface area contributed by atoms with Crippen molar-refractivity contribution >= 4 is 5.97 Å². The van der Waals surface area contributed by atoms with Crippen molar-refractivity contribution in [3.63, 3.8) is 0 Å². The number of aromatic carboxylic acids is 1. The quantitative estimate of drug-likeness (QED) is 0.911. The molecule has 0 amide bonds. The third-order valence-corrected chi connectivity index (χ3v) is 3.44. The summed E-state index contributed by atoms with van der Waals surface area (Å²) in [6.07, 6.45) is 1.91. The van der Waals surface area contributed by atoms with Gasteiger partial charge in [-0.1, -0.05) is 0 Å². The van der Waals surface area contributed by atoms with E-state index in [0.29, 0.717) is 22.8 Å². The van der Waals surface area contributed by atoms with Crippen molar-refractivity contribution < 1.29 is 23.8 Å². The monoisotopic (exact) mass is 289 g/mol. The van der Waals surface area contributed by atoms with Gasteiger partial charge < -0.3 is 19.0 Å². The minimum Gasteiger partial charge on any atom is -0.493 e. The number of hydrogen-bond donors (Lipinski definition) is 1. The second-order valence-electron chi connectivity index (χ2n) is 4.88. The molecule has 1 N–H and O–H groups in total. The summed E-state index contributed by atoms with van der Waals surface area (Å²) in [6, 6.07) is 5.21. The lowest BCUT2D eigenvalue weighted by molar-refractivity contribution is 0.0661. The van der Waals surface area contributed by atoms with Crippen molar-refractivity contribution in [2.45, 2.75) is 18.8 Å². The van der Waals surface area contributed by atoms with Crippen LogP contribution < -0.4 is 9.47 Å². The van der Waals surface area contributed by atoms with Crippen LogP contribution in [0.25, 0.3) is 11.5 Å². The summed E-state index contributed by atoms with van der Waals surface area (Å²) in [5.41, 5.74) is 1.19. The Morgan fingerprint density at radius 1 is 1.29 bits per heavy atom. The smallest absolute Gasteiger partial charge is 0.373 e. The van der Waals surface area contributed by atoms with Crippen molar-refractivity contribution in [3.05, 3.63) is 29.7 Å². The Morgan fingerprint density at radius 2 is 2.00 bits per heavy atom. The van der Waals surface area contributed by atoms with E-state index in [1.807, 2.05) is 0 Å². The first-order chi connectivity index (χ1) is 10.1. The molecular weight excluding hydrogens is 274 g/mol. The van der Waals surface area contributed by atoms with Crippen LogP contribution in [0.15, 0.2) is 22.6 Å². The number of hydrogen-bond acceptors (Lipinski definition) is 5. The van der Waals surface area contributed by atoms with Gasteiger partial charge in [0.2, 0.25) is 11.7 Å². The number of rotatable bonds is 5. The van der Waals surface area contributed by atoms with Gasteiger partial charge in [0.25, 0.3) is 0 Å². The van der Waals surface area contributed by atoms with Crippen LogP contribution in [0.3, 0.4) is 0 Å². The molecule has 0 bridgehead atoms. The molecule has 6 nitrogen and oxygen atoms in total. The zero-order chi connectivity index (χ0) is 15.0. The lowest BCUT2D eigenvalue weighted by Gasteiger charge is -2.07. The van der Waals surface area contributed by atoms with E-state index in [0.717, 1.165) is 12.8 Å². The standard InChI is InChI=1S/C15H15NO5/c1-19-10-6-5-9(7-11(10)20-2)14-16-12(8-3-4-8)13(21-14)15(17)18/h5-8H,3-4H2,1-2H3,(H,17,18). The number of aromatic nitrogens is 1. The fourth-order valence-electron chi connectivity index (χ4n) is 2.21. The largest absolute Gasteiger partial charge is 0.493 e. The Balaban J connectivity index is 2.04. The molecule has 1 aromatic carbocycles. The van der Waals surface area contributed by atoms with Gasteiger partial charge in [-0.25, -0.2) is 9.78 Å². The van der Waals surface area contributed by atoms with Crippen LogP contribution in [0, 0.1) is 0 Å². The van der Waals surface area contributed by atoms with Crippen molar-refractivity contribution in [1.82, 2.24) is 4.98 Å². The van der Waals surface area contributed by atoms with E-state index in [2.05, 4.69) is 4.98 Å². The average molecular weight is 289 g/mol. The van der Waals surface area contributed by atoms with E-state index in [9.17, 15) is 9.90 Å². The van der Waals surface area contributed by atoms with Crippen molar-refractivity contribution in [2.24, 2.45) is 0 Å². The van der Waals surface area contributed by atoms with Gasteiger partial charge in [-0.15, -0.1) is 0 Å². The van der Waals surface area contributed by atoms with E-state index in [4.69, 9.17) is 13.9 Å². The highest BCUT2D eigenvalue weighted by Crippen LogP contribution is 2.43. The van der Waals surface area contributed by atoms with Crippen LogP contribution in [-0.4, -0.2) is 30.3 Å². The van der Waals surface area contributed by atoms with Gasteiger partial charge >= 0.3 is 5.97 Å². The number of carboxylic acids is 1. The van der Waals surface area contributed by atoms with Crippen LogP contribution in [0.2, 0.25) is 0 Å². The van der Waals surface area contributed by atoms with Crippen molar-refractivity contribution in [1.29, 1.82) is 0 Å². The number of nitrogens with zero attached hydrogens (tertiary/aromatic N) is 1. The Labute approximate surface area is 121 Å². The van der Waals surface area contributed by atoms with Crippen LogP contribution in [0.1, 0.15) is 35.0 Å². The molecule has 3 rings (SSSR count). The summed E-state index contributed by atoms with van der Waals surface area (Å²) in [7, 11) is 3.09. The SMILES string of the molecule is COc1ccc(-c2nc(C3CC3)c(C(=O)O)o2)cc1OC. The predicted molar refractivity (Wildman–Crippen MR) is 74.0 cm³/mol. The highest BCUT2D eigenvalue weighted by Gasteiger charge is 2.33. The molecule has 1 aliphatic rings. The first kappa shape index (κ1) is 13.5. The molecule has 1 aliphatic carbocycles. The lowest BCUT2D eigenvalue weighted by Crippen LogP contribution is -1.98. The molecule has 0 atom stereocenters. The van der Waals surface area contributed by atoms with Crippen LogP contribution >= 0.6 is 0 Å².